The fourth-order valence-corrected chi connectivity index (χ4v) is 3.91. The topological polar surface area (TPSA) is 110 Å². The number of alkyl halides is 2. The van der Waals surface area contributed by atoms with Gasteiger partial charge in [0.15, 0.2) is 18.2 Å². The Morgan fingerprint density at radius 2 is 2.09 bits per heavy atom. The van der Waals surface area contributed by atoms with E-state index < -0.39 is 24.1 Å². The maximum absolute atomic E-state index is 13.7. The molecule has 1 saturated heterocycles. The molecule has 1 aliphatic rings. The number of halogens is 3. The number of carboxylic acids is 1. The zero-order valence-corrected chi connectivity index (χ0v) is 19.0. The van der Waals surface area contributed by atoms with Crippen molar-refractivity contribution in [2.75, 3.05) is 29.9 Å². The summed E-state index contributed by atoms with van der Waals surface area (Å²) in [6.45, 7) is -0.0859. The average molecular weight is 494 g/mol. The van der Waals surface area contributed by atoms with Gasteiger partial charge in [0.05, 0.1) is 11.7 Å². The second-order valence-corrected chi connectivity index (χ2v) is 8.42. The van der Waals surface area contributed by atoms with E-state index in [1.807, 2.05) is 0 Å². The molecule has 1 fully saturated rings. The summed E-state index contributed by atoms with van der Waals surface area (Å²) in [5.74, 6) is -3.37. The lowest BCUT2D eigenvalue weighted by molar-refractivity contribution is -0.139. The van der Waals surface area contributed by atoms with Crippen molar-refractivity contribution in [3.05, 3.63) is 45.8 Å². The van der Waals surface area contributed by atoms with Crippen molar-refractivity contribution in [1.82, 2.24) is 14.5 Å². The van der Waals surface area contributed by atoms with Gasteiger partial charge in [-0.15, -0.1) is 0 Å². The van der Waals surface area contributed by atoms with Crippen molar-refractivity contribution < 1.29 is 23.4 Å². The van der Waals surface area contributed by atoms with Gasteiger partial charge in [-0.3, -0.25) is 4.79 Å². The summed E-state index contributed by atoms with van der Waals surface area (Å²) in [5, 5.41) is 12.8. The number of aromatic nitrogens is 3. The van der Waals surface area contributed by atoms with Crippen molar-refractivity contribution in [2.24, 2.45) is 7.05 Å². The SMILES string of the molecule is Cn1c(=O)c(OCC(=O)O)cc2cc(Nc3nc(N4CCCC(F)(F)CC4)ncc3Cl)ccc21. The molecule has 0 saturated carbocycles. The van der Waals surface area contributed by atoms with Crippen molar-refractivity contribution in [1.29, 1.82) is 0 Å². The standard InChI is InChI=1S/C22H22ClF2N5O4/c1-29-16-4-3-14(9-13(16)10-17(20(29)33)34-12-18(31)32)27-19-15(23)11-26-21(28-19)30-7-2-5-22(24,25)6-8-30/h3-4,9-11H,2,5-8,12H2,1H3,(H,31,32)(H,26,27,28). The lowest BCUT2D eigenvalue weighted by Gasteiger charge is -2.21. The number of carbonyl (C=O) groups is 1. The Morgan fingerprint density at radius 1 is 1.29 bits per heavy atom. The number of hydrogen-bond donors (Lipinski definition) is 2. The number of rotatable bonds is 6. The molecule has 2 N–H and O–H groups in total. The second kappa shape index (κ2) is 9.41. The quantitative estimate of drug-likeness (QED) is 0.533. The van der Waals surface area contributed by atoms with Gasteiger partial charge in [-0.05, 0) is 30.7 Å². The fourth-order valence-electron chi connectivity index (χ4n) is 3.77. The number of ether oxygens (including phenoxy) is 1. The molecule has 0 aliphatic carbocycles. The predicted molar refractivity (Wildman–Crippen MR) is 124 cm³/mol. The molecular weight excluding hydrogens is 472 g/mol. The van der Waals surface area contributed by atoms with Gasteiger partial charge >= 0.3 is 5.97 Å². The van der Waals surface area contributed by atoms with Crippen molar-refractivity contribution in [2.45, 2.75) is 25.2 Å². The number of nitrogens with zero attached hydrogens (tertiary/aromatic N) is 4. The molecule has 0 bridgehead atoms. The van der Waals surface area contributed by atoms with Crippen LogP contribution in [0, 0.1) is 0 Å². The van der Waals surface area contributed by atoms with Crippen LogP contribution < -0.4 is 20.5 Å². The molecule has 3 aromatic rings. The van der Waals surface area contributed by atoms with Crippen molar-refractivity contribution in [3.63, 3.8) is 0 Å². The smallest absolute Gasteiger partial charge is 0.341 e. The van der Waals surface area contributed by atoms with Crippen molar-refractivity contribution >= 4 is 45.9 Å². The number of pyridine rings is 1. The van der Waals surface area contributed by atoms with E-state index in [1.54, 1.807) is 30.1 Å². The number of carboxylic acid groups (broad SMARTS) is 1. The molecule has 2 aromatic heterocycles. The molecule has 3 heterocycles. The lowest BCUT2D eigenvalue weighted by atomic mass is 10.1. The number of nitrogens with one attached hydrogen (secondary N) is 1. The summed E-state index contributed by atoms with van der Waals surface area (Å²) < 4.78 is 33.9. The molecule has 180 valence electrons. The fraction of sp³-hybridized carbons (Fsp3) is 0.364. The summed E-state index contributed by atoms with van der Waals surface area (Å²) in [4.78, 5) is 33.6. The maximum Gasteiger partial charge on any atom is 0.341 e. The van der Waals surface area contributed by atoms with Crippen LogP contribution in [0.3, 0.4) is 0 Å². The summed E-state index contributed by atoms with van der Waals surface area (Å²) in [6.07, 6.45) is 1.31. The third-order valence-electron chi connectivity index (χ3n) is 5.54. The number of aliphatic carboxylic acids is 1. The van der Waals surface area contributed by atoms with E-state index in [1.165, 1.54) is 16.8 Å². The van der Waals surface area contributed by atoms with Gasteiger partial charge in [-0.1, -0.05) is 11.6 Å². The lowest BCUT2D eigenvalue weighted by Crippen LogP contribution is -2.27. The minimum absolute atomic E-state index is 0.0881. The van der Waals surface area contributed by atoms with E-state index in [0.29, 0.717) is 41.3 Å². The van der Waals surface area contributed by atoms with Crippen LogP contribution >= 0.6 is 11.6 Å². The first-order valence-electron chi connectivity index (χ1n) is 10.5. The number of aryl methyl sites for hydroxylation is 1. The molecule has 0 radical (unpaired) electrons. The number of fused-ring (bicyclic) bond motifs is 1. The monoisotopic (exact) mass is 493 g/mol. The average Bonchev–Trinajstić information content (AvgIpc) is 2.97. The summed E-state index contributed by atoms with van der Waals surface area (Å²) in [7, 11) is 1.56. The van der Waals surface area contributed by atoms with Crippen LogP contribution in [-0.2, 0) is 11.8 Å². The molecule has 34 heavy (non-hydrogen) atoms. The van der Waals surface area contributed by atoms with Gasteiger partial charge in [0.2, 0.25) is 11.9 Å². The number of hydrogen-bond acceptors (Lipinski definition) is 7. The van der Waals surface area contributed by atoms with Crippen LogP contribution in [0.5, 0.6) is 5.75 Å². The Balaban J connectivity index is 1.61. The van der Waals surface area contributed by atoms with Crippen LogP contribution in [0.25, 0.3) is 10.9 Å². The van der Waals surface area contributed by atoms with Crippen LogP contribution in [0.4, 0.5) is 26.2 Å². The number of anilines is 3. The third kappa shape index (κ3) is 5.19. The van der Waals surface area contributed by atoms with Gasteiger partial charge in [-0.2, -0.15) is 4.98 Å². The maximum atomic E-state index is 13.7. The zero-order valence-electron chi connectivity index (χ0n) is 18.2. The van der Waals surface area contributed by atoms with Crippen LogP contribution in [0.2, 0.25) is 5.02 Å². The second-order valence-electron chi connectivity index (χ2n) is 8.02. The normalized spacial score (nSPS) is 15.7. The molecule has 0 amide bonds. The van der Waals surface area contributed by atoms with Gasteiger partial charge in [0.1, 0.15) is 5.02 Å². The summed E-state index contributed by atoms with van der Waals surface area (Å²) in [6, 6.07) is 6.64. The molecule has 9 nitrogen and oxygen atoms in total. The molecule has 0 atom stereocenters. The Labute approximate surface area is 197 Å². The first-order chi connectivity index (χ1) is 16.1. The zero-order chi connectivity index (χ0) is 24.5. The summed E-state index contributed by atoms with van der Waals surface area (Å²) >= 11 is 6.28. The highest BCUT2D eigenvalue weighted by Gasteiger charge is 2.32. The number of benzene rings is 1. The van der Waals surface area contributed by atoms with Gasteiger partial charge in [0, 0.05) is 44.1 Å². The van der Waals surface area contributed by atoms with Crippen molar-refractivity contribution in [3.8, 4) is 5.75 Å². The van der Waals surface area contributed by atoms with E-state index in [-0.39, 0.29) is 30.2 Å². The molecule has 4 rings (SSSR count). The van der Waals surface area contributed by atoms with Crippen LogP contribution in [-0.4, -0.2) is 51.2 Å². The predicted octanol–water partition coefficient (Wildman–Crippen LogP) is 3.81. The van der Waals surface area contributed by atoms with Crippen LogP contribution in [0.1, 0.15) is 19.3 Å². The van der Waals surface area contributed by atoms with Gasteiger partial charge in [0.25, 0.3) is 5.56 Å². The molecule has 1 aromatic carbocycles. The molecule has 0 unspecified atom stereocenters. The molecule has 12 heteroatoms. The Bertz CT molecular complexity index is 1300. The van der Waals surface area contributed by atoms with Gasteiger partial charge in [-0.25, -0.2) is 18.6 Å². The largest absolute Gasteiger partial charge is 0.479 e. The van der Waals surface area contributed by atoms with E-state index in [9.17, 15) is 18.4 Å². The highest BCUT2D eigenvalue weighted by molar-refractivity contribution is 6.32. The molecule has 1 aliphatic heterocycles. The first kappa shape index (κ1) is 23.7. The summed E-state index contributed by atoms with van der Waals surface area (Å²) in [5.41, 5.74) is 0.739. The van der Waals surface area contributed by atoms with E-state index in [2.05, 4.69) is 15.3 Å². The first-order valence-corrected chi connectivity index (χ1v) is 10.9. The van der Waals surface area contributed by atoms with Gasteiger partial charge < -0.3 is 24.6 Å². The van der Waals surface area contributed by atoms with E-state index >= 15 is 0 Å². The highest BCUT2D eigenvalue weighted by Crippen LogP contribution is 2.31. The molecular formula is C22H22ClF2N5O4. The van der Waals surface area contributed by atoms with E-state index in [4.69, 9.17) is 21.4 Å². The minimum Gasteiger partial charge on any atom is -0.479 e. The minimum atomic E-state index is -2.69. The molecule has 0 spiro atoms. The Kier molecular flexibility index (Phi) is 6.56. The Morgan fingerprint density at radius 3 is 2.85 bits per heavy atom. The Hall–Kier alpha value is -3.47. The van der Waals surface area contributed by atoms with E-state index in [0.717, 1.165) is 0 Å². The third-order valence-corrected chi connectivity index (χ3v) is 5.81. The van der Waals surface area contributed by atoms with Crippen LogP contribution in [0.15, 0.2) is 35.3 Å². The highest BCUT2D eigenvalue weighted by atomic mass is 35.5.